The highest BCUT2D eigenvalue weighted by Crippen LogP contribution is 2.29. The van der Waals surface area contributed by atoms with Crippen LogP contribution in [0.4, 0.5) is 0 Å². The van der Waals surface area contributed by atoms with Gasteiger partial charge in [-0.05, 0) is 46.9 Å². The first kappa shape index (κ1) is 13.9. The van der Waals surface area contributed by atoms with E-state index in [4.69, 9.17) is 9.72 Å². The van der Waals surface area contributed by atoms with Crippen LogP contribution in [0.15, 0.2) is 18.2 Å². The Morgan fingerprint density at radius 3 is 2.53 bits per heavy atom. The van der Waals surface area contributed by atoms with Crippen LogP contribution in [0.3, 0.4) is 0 Å². The quantitative estimate of drug-likeness (QED) is 0.919. The van der Waals surface area contributed by atoms with Crippen molar-refractivity contribution >= 4 is 11.0 Å². The maximum atomic E-state index is 5.28. The van der Waals surface area contributed by atoms with Crippen molar-refractivity contribution in [2.45, 2.75) is 39.3 Å². The summed E-state index contributed by atoms with van der Waals surface area (Å²) < 4.78 is 7.56. The highest BCUT2D eigenvalue weighted by atomic mass is 16.5. The average molecular weight is 261 g/mol. The SMILES string of the molecule is CNC(C)(C)c1nc2cc(OC)ccc2n1C(C)C. The van der Waals surface area contributed by atoms with Gasteiger partial charge in [0.05, 0.1) is 23.7 Å². The first-order valence-electron chi connectivity index (χ1n) is 6.66. The van der Waals surface area contributed by atoms with Crippen LogP contribution >= 0.6 is 0 Å². The normalized spacial score (nSPS) is 12.4. The predicted molar refractivity (Wildman–Crippen MR) is 78.8 cm³/mol. The fraction of sp³-hybridized carbons (Fsp3) is 0.533. The minimum absolute atomic E-state index is 0.170. The molecular formula is C15H23N3O. The number of fused-ring (bicyclic) bond motifs is 1. The summed E-state index contributed by atoms with van der Waals surface area (Å²) in [4.78, 5) is 4.81. The number of benzene rings is 1. The molecule has 0 fully saturated rings. The molecule has 0 aliphatic rings. The Labute approximate surface area is 114 Å². The largest absolute Gasteiger partial charge is 0.497 e. The van der Waals surface area contributed by atoms with Crippen LogP contribution in [0.1, 0.15) is 39.6 Å². The minimum atomic E-state index is -0.170. The third kappa shape index (κ3) is 2.32. The Kier molecular flexibility index (Phi) is 3.54. The van der Waals surface area contributed by atoms with Gasteiger partial charge in [-0.25, -0.2) is 4.98 Å². The third-order valence-corrected chi connectivity index (χ3v) is 3.60. The lowest BCUT2D eigenvalue weighted by atomic mass is 10.0. The number of imidazole rings is 1. The predicted octanol–water partition coefficient (Wildman–Crippen LogP) is 3.08. The van der Waals surface area contributed by atoms with Crippen molar-refractivity contribution in [1.29, 1.82) is 0 Å². The molecule has 0 aliphatic carbocycles. The molecule has 19 heavy (non-hydrogen) atoms. The van der Waals surface area contributed by atoms with Crippen LogP contribution < -0.4 is 10.1 Å². The minimum Gasteiger partial charge on any atom is -0.497 e. The number of hydrogen-bond acceptors (Lipinski definition) is 3. The molecule has 1 aromatic heterocycles. The Morgan fingerprint density at radius 2 is 2.00 bits per heavy atom. The molecule has 2 aromatic rings. The summed E-state index contributed by atoms with van der Waals surface area (Å²) in [6, 6.07) is 6.42. The molecule has 0 bridgehead atoms. The fourth-order valence-electron chi connectivity index (χ4n) is 2.28. The number of rotatable bonds is 4. The second-order valence-electron chi connectivity index (χ2n) is 5.63. The van der Waals surface area contributed by atoms with Crippen LogP contribution in [0.25, 0.3) is 11.0 Å². The number of methoxy groups -OCH3 is 1. The van der Waals surface area contributed by atoms with E-state index in [9.17, 15) is 0 Å². The van der Waals surface area contributed by atoms with Crippen molar-refractivity contribution in [3.05, 3.63) is 24.0 Å². The zero-order valence-corrected chi connectivity index (χ0v) is 12.6. The van der Waals surface area contributed by atoms with E-state index in [1.807, 2.05) is 19.2 Å². The van der Waals surface area contributed by atoms with E-state index in [1.54, 1.807) is 7.11 Å². The van der Waals surface area contributed by atoms with E-state index in [2.05, 4.69) is 43.6 Å². The first-order chi connectivity index (χ1) is 8.90. The molecule has 4 nitrogen and oxygen atoms in total. The maximum absolute atomic E-state index is 5.28. The maximum Gasteiger partial charge on any atom is 0.129 e. The van der Waals surface area contributed by atoms with Gasteiger partial charge in [0, 0.05) is 12.1 Å². The van der Waals surface area contributed by atoms with Gasteiger partial charge >= 0.3 is 0 Å². The van der Waals surface area contributed by atoms with Crippen molar-refractivity contribution in [2.24, 2.45) is 0 Å². The van der Waals surface area contributed by atoms with Crippen LogP contribution in [-0.4, -0.2) is 23.7 Å². The summed E-state index contributed by atoms with van der Waals surface area (Å²) >= 11 is 0. The van der Waals surface area contributed by atoms with E-state index >= 15 is 0 Å². The monoisotopic (exact) mass is 261 g/mol. The number of aromatic nitrogens is 2. The van der Waals surface area contributed by atoms with Crippen molar-refractivity contribution in [3.63, 3.8) is 0 Å². The Balaban J connectivity index is 2.73. The zero-order valence-electron chi connectivity index (χ0n) is 12.6. The summed E-state index contributed by atoms with van der Waals surface area (Å²) in [7, 11) is 3.64. The molecule has 0 amide bonds. The van der Waals surface area contributed by atoms with E-state index in [-0.39, 0.29) is 5.54 Å². The number of hydrogen-bond donors (Lipinski definition) is 1. The summed E-state index contributed by atoms with van der Waals surface area (Å²) in [5, 5.41) is 3.33. The lowest BCUT2D eigenvalue weighted by Gasteiger charge is -2.26. The Hall–Kier alpha value is -1.55. The summed E-state index contributed by atoms with van der Waals surface area (Å²) in [6.07, 6.45) is 0. The van der Waals surface area contributed by atoms with Gasteiger partial charge in [-0.15, -0.1) is 0 Å². The molecule has 0 unspecified atom stereocenters. The Bertz CT molecular complexity index is 584. The van der Waals surface area contributed by atoms with Crippen molar-refractivity contribution in [2.75, 3.05) is 14.2 Å². The van der Waals surface area contributed by atoms with Crippen LogP contribution in [-0.2, 0) is 5.54 Å². The van der Waals surface area contributed by atoms with Gasteiger partial charge in [0.15, 0.2) is 0 Å². The molecule has 104 valence electrons. The fourth-order valence-corrected chi connectivity index (χ4v) is 2.28. The van der Waals surface area contributed by atoms with Gasteiger partial charge in [0.25, 0.3) is 0 Å². The van der Waals surface area contributed by atoms with Gasteiger partial charge in [0.2, 0.25) is 0 Å². The van der Waals surface area contributed by atoms with Crippen LogP contribution in [0.2, 0.25) is 0 Å². The summed E-state index contributed by atoms with van der Waals surface area (Å²) in [5.74, 6) is 1.89. The zero-order chi connectivity index (χ0) is 14.2. The first-order valence-corrected chi connectivity index (χ1v) is 6.66. The van der Waals surface area contributed by atoms with Crippen LogP contribution in [0, 0.1) is 0 Å². The van der Waals surface area contributed by atoms with Gasteiger partial charge in [-0.3, -0.25) is 0 Å². The molecule has 1 aromatic carbocycles. The van der Waals surface area contributed by atoms with E-state index < -0.39 is 0 Å². The van der Waals surface area contributed by atoms with Crippen LogP contribution in [0.5, 0.6) is 5.75 Å². The third-order valence-electron chi connectivity index (χ3n) is 3.60. The van der Waals surface area contributed by atoms with Gasteiger partial charge in [-0.2, -0.15) is 0 Å². The standard InChI is InChI=1S/C15H23N3O/c1-10(2)18-13-8-7-11(19-6)9-12(13)17-14(18)15(3,4)16-5/h7-10,16H,1-6H3. The molecule has 0 spiro atoms. The molecule has 1 heterocycles. The molecule has 2 rings (SSSR count). The highest BCUT2D eigenvalue weighted by Gasteiger charge is 2.27. The number of ether oxygens (including phenoxy) is 1. The van der Waals surface area contributed by atoms with E-state index in [1.165, 1.54) is 0 Å². The molecule has 0 saturated heterocycles. The topological polar surface area (TPSA) is 39.1 Å². The van der Waals surface area contributed by atoms with Crippen molar-refractivity contribution in [1.82, 2.24) is 14.9 Å². The lowest BCUT2D eigenvalue weighted by molar-refractivity contribution is 0.387. The molecule has 0 saturated carbocycles. The number of nitrogens with one attached hydrogen (secondary N) is 1. The highest BCUT2D eigenvalue weighted by molar-refractivity contribution is 5.78. The van der Waals surface area contributed by atoms with E-state index in [0.29, 0.717) is 6.04 Å². The van der Waals surface area contributed by atoms with Gasteiger partial charge in [-0.1, -0.05) is 0 Å². The van der Waals surface area contributed by atoms with Gasteiger partial charge in [0.1, 0.15) is 11.6 Å². The molecule has 1 N–H and O–H groups in total. The molecule has 4 heteroatoms. The lowest BCUT2D eigenvalue weighted by Crippen LogP contribution is -2.36. The van der Waals surface area contributed by atoms with Crippen molar-refractivity contribution < 1.29 is 4.74 Å². The summed E-state index contributed by atoms with van der Waals surface area (Å²) in [5.41, 5.74) is 1.96. The second-order valence-corrected chi connectivity index (χ2v) is 5.63. The molecular weight excluding hydrogens is 238 g/mol. The summed E-state index contributed by atoms with van der Waals surface area (Å²) in [6.45, 7) is 8.65. The average Bonchev–Trinajstić information content (AvgIpc) is 2.77. The molecule has 0 atom stereocenters. The van der Waals surface area contributed by atoms with Crippen molar-refractivity contribution in [3.8, 4) is 5.75 Å². The Morgan fingerprint density at radius 1 is 1.32 bits per heavy atom. The van der Waals surface area contributed by atoms with E-state index in [0.717, 1.165) is 22.6 Å². The second kappa shape index (κ2) is 4.85. The smallest absolute Gasteiger partial charge is 0.129 e. The molecule has 0 radical (unpaired) electrons. The molecule has 0 aliphatic heterocycles. The van der Waals surface area contributed by atoms with Gasteiger partial charge < -0.3 is 14.6 Å². The number of nitrogens with zero attached hydrogens (tertiary/aromatic N) is 2.